The van der Waals surface area contributed by atoms with E-state index in [1.165, 1.54) is 14.2 Å². The molecule has 1 aromatic heterocycles. The average molecular weight is 360 g/mol. The maximum Gasteiger partial charge on any atom is 0.348 e. The minimum atomic E-state index is -1.02. The van der Waals surface area contributed by atoms with Gasteiger partial charge in [0.1, 0.15) is 11.5 Å². The van der Waals surface area contributed by atoms with Gasteiger partial charge in [0.05, 0.1) is 25.7 Å². The molecule has 26 heavy (non-hydrogen) atoms. The number of carbonyl (C=O) groups excluding carboxylic acids is 1. The lowest BCUT2D eigenvalue weighted by atomic mass is 9.88. The van der Waals surface area contributed by atoms with E-state index in [-0.39, 0.29) is 12.4 Å². The van der Waals surface area contributed by atoms with Crippen LogP contribution in [0.3, 0.4) is 0 Å². The van der Waals surface area contributed by atoms with Crippen molar-refractivity contribution >= 4 is 5.97 Å². The maximum atomic E-state index is 12.5. The highest BCUT2D eigenvalue weighted by atomic mass is 16.7. The molecule has 2 aliphatic heterocycles. The molecule has 0 aliphatic carbocycles. The van der Waals surface area contributed by atoms with Gasteiger partial charge in [-0.1, -0.05) is 0 Å². The van der Waals surface area contributed by atoms with E-state index in [1.54, 1.807) is 25.1 Å². The van der Waals surface area contributed by atoms with E-state index in [0.29, 0.717) is 34.3 Å². The molecule has 0 unspecified atom stereocenters. The Morgan fingerprint density at radius 3 is 2.69 bits per heavy atom. The molecule has 0 amide bonds. The molecular formula is C18H16O8. The minimum Gasteiger partial charge on any atom is -0.493 e. The second kappa shape index (κ2) is 5.98. The second-order valence-electron chi connectivity index (χ2n) is 5.92. The van der Waals surface area contributed by atoms with Crippen molar-refractivity contribution in [1.29, 1.82) is 0 Å². The van der Waals surface area contributed by atoms with Crippen LogP contribution in [0.25, 0.3) is 0 Å². The molecule has 0 fully saturated rings. The summed E-state index contributed by atoms with van der Waals surface area (Å²) in [5.41, 5.74) is 0.288. The van der Waals surface area contributed by atoms with Crippen LogP contribution in [0, 0.1) is 6.92 Å². The van der Waals surface area contributed by atoms with Crippen LogP contribution in [0.4, 0.5) is 0 Å². The largest absolute Gasteiger partial charge is 0.493 e. The number of ether oxygens (including phenoxy) is 5. The minimum absolute atomic E-state index is 0.0642. The topological polar surface area (TPSA) is 93.4 Å². The van der Waals surface area contributed by atoms with Crippen LogP contribution < -0.4 is 24.6 Å². The number of hydrogen-bond acceptors (Lipinski definition) is 8. The molecule has 3 heterocycles. The molecule has 4 rings (SSSR count). The zero-order valence-corrected chi connectivity index (χ0v) is 14.4. The average Bonchev–Trinajstić information content (AvgIpc) is 3.24. The first-order valence-corrected chi connectivity index (χ1v) is 7.90. The maximum absolute atomic E-state index is 12.5. The third-order valence-electron chi connectivity index (χ3n) is 4.41. The van der Waals surface area contributed by atoms with Crippen LogP contribution in [-0.2, 0) is 9.53 Å². The predicted octanol–water partition coefficient (Wildman–Crippen LogP) is 1.75. The molecule has 136 valence electrons. The number of fused-ring (bicyclic) bond motifs is 2. The zero-order valence-electron chi connectivity index (χ0n) is 14.4. The second-order valence-corrected chi connectivity index (χ2v) is 5.92. The molecule has 8 heteroatoms. The molecule has 0 spiro atoms. The van der Waals surface area contributed by atoms with Gasteiger partial charge in [-0.25, -0.2) is 9.59 Å². The summed E-state index contributed by atoms with van der Waals surface area (Å²) in [6.45, 7) is 1.70. The van der Waals surface area contributed by atoms with E-state index in [9.17, 15) is 9.59 Å². The fourth-order valence-electron chi connectivity index (χ4n) is 3.30. The van der Waals surface area contributed by atoms with Crippen molar-refractivity contribution < 1.29 is 32.9 Å². The first kappa shape index (κ1) is 16.3. The number of methoxy groups -OCH3 is 2. The Bertz CT molecular complexity index is 945. The van der Waals surface area contributed by atoms with Gasteiger partial charge in [0.15, 0.2) is 11.5 Å². The van der Waals surface area contributed by atoms with Gasteiger partial charge in [-0.05, 0) is 24.6 Å². The van der Waals surface area contributed by atoms with Crippen molar-refractivity contribution in [3.63, 3.8) is 0 Å². The number of benzene rings is 1. The summed E-state index contributed by atoms with van der Waals surface area (Å²) >= 11 is 0. The normalized spacial score (nSPS) is 19.7. The van der Waals surface area contributed by atoms with Gasteiger partial charge in [-0.15, -0.1) is 0 Å². The number of esters is 1. The molecular weight excluding hydrogens is 344 g/mol. The Labute approximate surface area is 148 Å². The fraction of sp³-hybridized carbons (Fsp3) is 0.333. The molecule has 0 radical (unpaired) electrons. The number of rotatable bonds is 3. The van der Waals surface area contributed by atoms with Crippen molar-refractivity contribution in [2.75, 3.05) is 21.0 Å². The lowest BCUT2D eigenvalue weighted by Gasteiger charge is -2.18. The standard InChI is InChI=1S/C18H16O8/c1-8-4-10-14(17(19)25-8)13(16(26-10)18(20)22-3)9-5-11(21-2)15-12(6-9)23-7-24-15/h4-6,13,16H,7H2,1-3H3/t13-,16-/m1/s1. The highest BCUT2D eigenvalue weighted by Gasteiger charge is 2.45. The number of aryl methyl sites for hydroxylation is 1. The Balaban J connectivity index is 1.91. The van der Waals surface area contributed by atoms with Crippen LogP contribution in [0.2, 0.25) is 0 Å². The molecule has 2 aliphatic rings. The zero-order chi connectivity index (χ0) is 18.4. The van der Waals surface area contributed by atoms with Crippen molar-refractivity contribution in [3.8, 4) is 23.0 Å². The van der Waals surface area contributed by atoms with Crippen LogP contribution in [0.15, 0.2) is 27.4 Å². The van der Waals surface area contributed by atoms with Crippen molar-refractivity contribution in [2.45, 2.75) is 18.9 Å². The van der Waals surface area contributed by atoms with Crippen LogP contribution in [-0.4, -0.2) is 33.1 Å². The van der Waals surface area contributed by atoms with Crippen molar-refractivity contribution in [2.24, 2.45) is 0 Å². The molecule has 0 N–H and O–H groups in total. The Hall–Kier alpha value is -3.16. The molecule has 2 aromatic rings. The molecule has 8 nitrogen and oxygen atoms in total. The number of hydrogen-bond donors (Lipinski definition) is 0. The summed E-state index contributed by atoms with van der Waals surface area (Å²) in [6, 6.07) is 4.96. The van der Waals surface area contributed by atoms with Gasteiger partial charge in [-0.3, -0.25) is 0 Å². The van der Waals surface area contributed by atoms with E-state index in [4.69, 9.17) is 28.1 Å². The van der Waals surface area contributed by atoms with Gasteiger partial charge < -0.3 is 28.1 Å². The lowest BCUT2D eigenvalue weighted by molar-refractivity contribution is -0.148. The summed E-state index contributed by atoms with van der Waals surface area (Å²) in [7, 11) is 2.76. The quantitative estimate of drug-likeness (QED) is 0.765. The number of carbonyl (C=O) groups is 1. The highest BCUT2D eigenvalue weighted by molar-refractivity contribution is 5.79. The van der Waals surface area contributed by atoms with E-state index in [2.05, 4.69) is 0 Å². The summed E-state index contributed by atoms with van der Waals surface area (Å²) in [4.78, 5) is 24.8. The first-order chi connectivity index (χ1) is 12.5. The summed E-state index contributed by atoms with van der Waals surface area (Å²) in [5.74, 6) is 0.743. The molecule has 2 atom stereocenters. The van der Waals surface area contributed by atoms with Gasteiger partial charge in [0.25, 0.3) is 0 Å². The van der Waals surface area contributed by atoms with Crippen LogP contribution in [0.5, 0.6) is 23.0 Å². The van der Waals surface area contributed by atoms with Gasteiger partial charge >= 0.3 is 11.6 Å². The van der Waals surface area contributed by atoms with E-state index in [0.717, 1.165) is 0 Å². The fourth-order valence-corrected chi connectivity index (χ4v) is 3.30. The predicted molar refractivity (Wildman–Crippen MR) is 87.1 cm³/mol. The smallest absolute Gasteiger partial charge is 0.348 e. The SMILES string of the molecule is COC(=O)[C@@H]1Oc2cc(C)oc(=O)c2[C@H]1c1cc(OC)c2c(c1)OCO2. The molecule has 0 bridgehead atoms. The lowest BCUT2D eigenvalue weighted by Crippen LogP contribution is -2.31. The molecule has 1 aromatic carbocycles. The monoisotopic (exact) mass is 360 g/mol. The summed E-state index contributed by atoms with van der Waals surface area (Å²) in [5, 5.41) is 0. The Morgan fingerprint density at radius 1 is 1.15 bits per heavy atom. The van der Waals surface area contributed by atoms with Gasteiger partial charge in [0.2, 0.25) is 18.6 Å². The first-order valence-electron chi connectivity index (χ1n) is 7.90. The Kier molecular flexibility index (Phi) is 3.75. The highest BCUT2D eigenvalue weighted by Crippen LogP contribution is 2.48. The van der Waals surface area contributed by atoms with Gasteiger partial charge in [0, 0.05) is 6.07 Å². The van der Waals surface area contributed by atoms with Crippen molar-refractivity contribution in [1.82, 2.24) is 0 Å². The van der Waals surface area contributed by atoms with E-state index >= 15 is 0 Å². The van der Waals surface area contributed by atoms with Crippen LogP contribution in [0.1, 0.15) is 22.8 Å². The van der Waals surface area contributed by atoms with Crippen LogP contribution >= 0.6 is 0 Å². The molecule has 0 saturated carbocycles. The van der Waals surface area contributed by atoms with E-state index < -0.39 is 23.6 Å². The third kappa shape index (κ3) is 2.37. The molecule has 0 saturated heterocycles. The van der Waals surface area contributed by atoms with Gasteiger partial charge in [-0.2, -0.15) is 0 Å². The van der Waals surface area contributed by atoms with Crippen molar-refractivity contribution in [3.05, 3.63) is 45.5 Å². The summed E-state index contributed by atoms with van der Waals surface area (Å²) < 4.78 is 32.0. The summed E-state index contributed by atoms with van der Waals surface area (Å²) in [6.07, 6.45) is -1.02. The Morgan fingerprint density at radius 2 is 1.96 bits per heavy atom. The third-order valence-corrected chi connectivity index (χ3v) is 4.41. The van der Waals surface area contributed by atoms with E-state index in [1.807, 2.05) is 0 Å².